The number of rotatable bonds is 8. The van der Waals surface area contributed by atoms with Gasteiger partial charge in [0.25, 0.3) is 0 Å². The van der Waals surface area contributed by atoms with Gasteiger partial charge in [-0.25, -0.2) is 0 Å². The van der Waals surface area contributed by atoms with Crippen LogP contribution in [0.5, 0.6) is 0 Å². The Kier molecular flexibility index (Phi) is 6.71. The molecule has 2 aromatic carbocycles. The first-order valence-corrected chi connectivity index (χ1v) is 8.25. The van der Waals surface area contributed by atoms with Crippen LogP contribution in [0, 0.1) is 0 Å². The van der Waals surface area contributed by atoms with Gasteiger partial charge in [-0.15, -0.1) is 0 Å². The van der Waals surface area contributed by atoms with Gasteiger partial charge in [-0.3, -0.25) is 14.5 Å². The molecule has 5 nitrogen and oxygen atoms in total. The first kappa shape index (κ1) is 18.7. The van der Waals surface area contributed by atoms with E-state index in [0.717, 1.165) is 11.1 Å². The molecule has 1 amide bonds. The molecular formula is C20H24N2O3. The molecule has 132 valence electrons. The van der Waals surface area contributed by atoms with Gasteiger partial charge < -0.3 is 10.0 Å². The van der Waals surface area contributed by atoms with Crippen LogP contribution in [-0.4, -0.2) is 54.0 Å². The number of carbonyl (C=O) groups is 2. The summed E-state index contributed by atoms with van der Waals surface area (Å²) in [6.07, 6.45) is 0.0221. The minimum atomic E-state index is -0.862. The lowest BCUT2D eigenvalue weighted by Gasteiger charge is -2.30. The highest BCUT2D eigenvalue weighted by atomic mass is 16.4. The van der Waals surface area contributed by atoms with E-state index in [0.29, 0.717) is 6.54 Å². The molecule has 0 radical (unpaired) electrons. The summed E-state index contributed by atoms with van der Waals surface area (Å²) >= 11 is 0. The molecule has 1 N–H and O–H groups in total. The molecule has 5 heteroatoms. The number of aliphatic carboxylic acids is 1. The molecule has 0 aliphatic carbocycles. The maximum atomic E-state index is 12.7. The van der Waals surface area contributed by atoms with Gasteiger partial charge in [0.15, 0.2) is 0 Å². The van der Waals surface area contributed by atoms with Crippen LogP contribution in [0.2, 0.25) is 0 Å². The lowest BCUT2D eigenvalue weighted by Crippen LogP contribution is -2.39. The second-order valence-corrected chi connectivity index (χ2v) is 6.11. The van der Waals surface area contributed by atoms with Crippen molar-refractivity contribution in [2.75, 3.05) is 27.2 Å². The van der Waals surface area contributed by atoms with Crippen molar-refractivity contribution < 1.29 is 14.7 Å². The highest BCUT2D eigenvalue weighted by Crippen LogP contribution is 2.27. The third-order valence-electron chi connectivity index (χ3n) is 4.12. The SMILES string of the molecule is CN(CCC(=O)O)CC(=O)N(C)C(c1ccccc1)c1ccccc1. The van der Waals surface area contributed by atoms with Crippen LogP contribution < -0.4 is 0 Å². The van der Waals surface area contributed by atoms with Crippen LogP contribution in [0.4, 0.5) is 0 Å². The summed E-state index contributed by atoms with van der Waals surface area (Å²) in [4.78, 5) is 26.9. The zero-order valence-corrected chi connectivity index (χ0v) is 14.6. The molecule has 0 saturated carbocycles. The summed E-state index contributed by atoms with van der Waals surface area (Å²) in [5.74, 6) is -0.912. The van der Waals surface area contributed by atoms with Gasteiger partial charge >= 0.3 is 5.97 Å². The number of carboxylic acid groups (broad SMARTS) is 1. The summed E-state index contributed by atoms with van der Waals surface area (Å²) in [5.41, 5.74) is 2.08. The van der Waals surface area contributed by atoms with Gasteiger partial charge in [-0.1, -0.05) is 60.7 Å². The zero-order chi connectivity index (χ0) is 18.2. The Morgan fingerprint density at radius 2 is 1.40 bits per heavy atom. The Morgan fingerprint density at radius 3 is 1.84 bits per heavy atom. The Labute approximate surface area is 148 Å². The van der Waals surface area contributed by atoms with Crippen molar-refractivity contribution in [1.82, 2.24) is 9.80 Å². The summed E-state index contributed by atoms with van der Waals surface area (Å²) in [5, 5.41) is 8.77. The third kappa shape index (κ3) is 5.43. The lowest BCUT2D eigenvalue weighted by atomic mass is 9.97. The third-order valence-corrected chi connectivity index (χ3v) is 4.12. The number of hydrogen-bond acceptors (Lipinski definition) is 3. The number of likely N-dealkylation sites (N-methyl/N-ethyl adjacent to an activating group) is 2. The monoisotopic (exact) mass is 340 g/mol. The molecular weight excluding hydrogens is 316 g/mol. The fraction of sp³-hybridized carbons (Fsp3) is 0.300. The number of benzene rings is 2. The molecule has 2 rings (SSSR count). The first-order chi connectivity index (χ1) is 12.0. The van der Waals surface area contributed by atoms with E-state index in [1.165, 1.54) is 0 Å². The Morgan fingerprint density at radius 1 is 0.920 bits per heavy atom. The average molecular weight is 340 g/mol. The quantitative estimate of drug-likeness (QED) is 0.802. The van der Waals surface area contributed by atoms with E-state index in [2.05, 4.69) is 0 Å². The van der Waals surface area contributed by atoms with Crippen LogP contribution >= 0.6 is 0 Å². The normalized spacial score (nSPS) is 10.9. The van der Waals surface area contributed by atoms with Gasteiger partial charge in [0, 0.05) is 13.6 Å². The van der Waals surface area contributed by atoms with Crippen molar-refractivity contribution in [3.05, 3.63) is 71.8 Å². The average Bonchev–Trinajstić information content (AvgIpc) is 2.62. The first-order valence-electron chi connectivity index (χ1n) is 8.25. The number of hydrogen-bond donors (Lipinski definition) is 1. The van der Waals surface area contributed by atoms with Gasteiger partial charge in [-0.05, 0) is 18.2 Å². The Balaban J connectivity index is 2.17. The Hall–Kier alpha value is -2.66. The van der Waals surface area contributed by atoms with Gasteiger partial charge in [0.1, 0.15) is 0 Å². The summed E-state index contributed by atoms with van der Waals surface area (Å²) in [7, 11) is 3.55. The maximum Gasteiger partial charge on any atom is 0.304 e. The highest BCUT2D eigenvalue weighted by molar-refractivity contribution is 5.79. The molecule has 25 heavy (non-hydrogen) atoms. The van der Waals surface area contributed by atoms with Crippen LogP contribution in [0.25, 0.3) is 0 Å². The van der Waals surface area contributed by atoms with E-state index in [-0.39, 0.29) is 24.9 Å². The smallest absolute Gasteiger partial charge is 0.304 e. The molecule has 0 atom stereocenters. The fourth-order valence-corrected chi connectivity index (χ4v) is 2.76. The standard InChI is InChI=1S/C20H24N2O3/c1-21(14-13-19(24)25)15-18(23)22(2)20(16-9-5-3-6-10-16)17-11-7-4-8-12-17/h3-12,20H,13-15H2,1-2H3,(H,24,25). The summed E-state index contributed by atoms with van der Waals surface area (Å²) < 4.78 is 0. The second kappa shape index (κ2) is 8.99. The van der Waals surface area contributed by atoms with E-state index in [1.807, 2.05) is 60.7 Å². The van der Waals surface area contributed by atoms with Crippen molar-refractivity contribution in [2.45, 2.75) is 12.5 Å². The van der Waals surface area contributed by atoms with E-state index in [9.17, 15) is 9.59 Å². The van der Waals surface area contributed by atoms with Gasteiger partial charge in [0.05, 0.1) is 19.0 Å². The molecule has 0 heterocycles. The number of nitrogens with zero attached hydrogens (tertiary/aromatic N) is 2. The molecule has 0 unspecified atom stereocenters. The number of amides is 1. The summed E-state index contributed by atoms with van der Waals surface area (Å²) in [6, 6.07) is 19.6. The molecule has 0 aliphatic heterocycles. The summed E-state index contributed by atoms with van der Waals surface area (Å²) in [6.45, 7) is 0.524. The molecule has 0 spiro atoms. The second-order valence-electron chi connectivity index (χ2n) is 6.11. The van der Waals surface area contributed by atoms with Crippen molar-refractivity contribution in [2.24, 2.45) is 0 Å². The van der Waals surface area contributed by atoms with Crippen molar-refractivity contribution in [3.63, 3.8) is 0 Å². The topological polar surface area (TPSA) is 60.9 Å². The van der Waals surface area contributed by atoms with Crippen LogP contribution in [-0.2, 0) is 9.59 Å². The number of carbonyl (C=O) groups excluding carboxylic acids is 1. The van der Waals surface area contributed by atoms with E-state index < -0.39 is 5.97 Å². The molecule has 0 aliphatic rings. The molecule has 2 aromatic rings. The van der Waals surface area contributed by atoms with Gasteiger partial charge in [0.2, 0.25) is 5.91 Å². The van der Waals surface area contributed by atoms with Crippen LogP contribution in [0.15, 0.2) is 60.7 Å². The van der Waals surface area contributed by atoms with E-state index >= 15 is 0 Å². The highest BCUT2D eigenvalue weighted by Gasteiger charge is 2.24. The molecule has 0 fully saturated rings. The minimum absolute atomic E-state index is 0.0221. The van der Waals surface area contributed by atoms with Crippen molar-refractivity contribution in [3.8, 4) is 0 Å². The van der Waals surface area contributed by atoms with Crippen LogP contribution in [0.3, 0.4) is 0 Å². The molecule has 0 saturated heterocycles. The predicted molar refractivity (Wildman–Crippen MR) is 97.2 cm³/mol. The number of carboxylic acids is 1. The maximum absolute atomic E-state index is 12.7. The van der Waals surface area contributed by atoms with E-state index in [1.54, 1.807) is 23.9 Å². The van der Waals surface area contributed by atoms with Crippen molar-refractivity contribution in [1.29, 1.82) is 0 Å². The predicted octanol–water partition coefficient (Wildman–Crippen LogP) is 2.64. The molecule has 0 bridgehead atoms. The lowest BCUT2D eigenvalue weighted by molar-refractivity contribution is -0.138. The molecule has 0 aromatic heterocycles. The zero-order valence-electron chi connectivity index (χ0n) is 14.6. The van der Waals surface area contributed by atoms with E-state index in [4.69, 9.17) is 5.11 Å². The largest absolute Gasteiger partial charge is 0.481 e. The minimum Gasteiger partial charge on any atom is -0.481 e. The van der Waals surface area contributed by atoms with Crippen molar-refractivity contribution >= 4 is 11.9 Å². The van der Waals surface area contributed by atoms with Crippen LogP contribution in [0.1, 0.15) is 23.6 Å². The van der Waals surface area contributed by atoms with Gasteiger partial charge in [-0.2, -0.15) is 0 Å². The Bertz CT molecular complexity index is 649. The fourth-order valence-electron chi connectivity index (χ4n) is 2.76.